The third kappa shape index (κ3) is 3.35. The van der Waals surface area contributed by atoms with Crippen molar-refractivity contribution in [2.75, 3.05) is 26.2 Å². The van der Waals surface area contributed by atoms with Crippen LogP contribution < -0.4 is 5.32 Å². The standard InChI is InChI=1S/C18H23N3O4S/c1-12-4-8-26-15(12)17(23)21-6-5-18(11-21)9-14(20-25-18)16(22)19-10-13-3-2-7-24-13/h4,8,13H,2-3,5-7,9-11H2,1H3,(H,19,22)/t13-,18+/m0/s1. The third-order valence-corrected chi connectivity index (χ3v) is 6.28. The first-order chi connectivity index (χ1) is 12.6. The molecular weight excluding hydrogens is 354 g/mol. The summed E-state index contributed by atoms with van der Waals surface area (Å²) < 4.78 is 5.52. The molecule has 4 rings (SSSR count). The van der Waals surface area contributed by atoms with Gasteiger partial charge in [0.15, 0.2) is 5.60 Å². The molecule has 2 saturated heterocycles. The first-order valence-electron chi connectivity index (χ1n) is 9.05. The molecule has 0 aliphatic carbocycles. The summed E-state index contributed by atoms with van der Waals surface area (Å²) in [5.41, 5.74) is 0.848. The monoisotopic (exact) mass is 377 g/mol. The van der Waals surface area contributed by atoms with Crippen LogP contribution in [0.4, 0.5) is 0 Å². The molecule has 2 amide bonds. The number of carbonyl (C=O) groups is 2. The van der Waals surface area contributed by atoms with Gasteiger partial charge in [-0.15, -0.1) is 11.3 Å². The van der Waals surface area contributed by atoms with Crippen molar-refractivity contribution in [3.8, 4) is 0 Å². The number of nitrogens with zero attached hydrogens (tertiary/aromatic N) is 2. The molecule has 0 saturated carbocycles. The molecule has 26 heavy (non-hydrogen) atoms. The number of hydrogen-bond donors (Lipinski definition) is 1. The molecule has 8 heteroatoms. The van der Waals surface area contributed by atoms with Gasteiger partial charge >= 0.3 is 0 Å². The van der Waals surface area contributed by atoms with Crippen LogP contribution in [-0.2, 0) is 14.4 Å². The highest BCUT2D eigenvalue weighted by molar-refractivity contribution is 7.12. The summed E-state index contributed by atoms with van der Waals surface area (Å²) in [4.78, 5) is 33.2. The van der Waals surface area contributed by atoms with Gasteiger partial charge in [0.2, 0.25) is 0 Å². The zero-order chi connectivity index (χ0) is 18.1. The molecule has 1 spiro atoms. The highest BCUT2D eigenvalue weighted by Crippen LogP contribution is 2.35. The molecule has 2 atom stereocenters. The first-order valence-corrected chi connectivity index (χ1v) is 9.92. The smallest absolute Gasteiger partial charge is 0.269 e. The van der Waals surface area contributed by atoms with E-state index < -0.39 is 5.60 Å². The van der Waals surface area contributed by atoms with Crippen LogP contribution in [0, 0.1) is 6.92 Å². The van der Waals surface area contributed by atoms with E-state index in [-0.39, 0.29) is 17.9 Å². The van der Waals surface area contributed by atoms with Crippen LogP contribution in [0.2, 0.25) is 0 Å². The van der Waals surface area contributed by atoms with Crippen molar-refractivity contribution >= 4 is 28.9 Å². The number of rotatable bonds is 4. The lowest BCUT2D eigenvalue weighted by Crippen LogP contribution is -2.40. The van der Waals surface area contributed by atoms with Crippen LogP contribution in [-0.4, -0.2) is 60.4 Å². The van der Waals surface area contributed by atoms with Gasteiger partial charge in [0, 0.05) is 32.5 Å². The number of amides is 2. The Balaban J connectivity index is 1.32. The number of aryl methyl sites for hydroxylation is 1. The quantitative estimate of drug-likeness (QED) is 0.866. The molecule has 4 heterocycles. The van der Waals surface area contributed by atoms with Gasteiger partial charge in [0.25, 0.3) is 11.8 Å². The Bertz CT molecular complexity index is 741. The normalized spacial score (nSPS) is 27.7. The molecule has 1 aromatic heterocycles. The van der Waals surface area contributed by atoms with E-state index in [9.17, 15) is 9.59 Å². The van der Waals surface area contributed by atoms with Crippen molar-refractivity contribution in [3.63, 3.8) is 0 Å². The van der Waals surface area contributed by atoms with Gasteiger partial charge in [-0.1, -0.05) is 5.16 Å². The molecule has 0 radical (unpaired) electrons. The number of nitrogens with one attached hydrogen (secondary N) is 1. The SMILES string of the molecule is Cc1ccsc1C(=O)N1CC[C@@]2(CC(C(=O)NC[C@@H]3CCCO3)=NO2)C1. The zero-order valence-electron chi connectivity index (χ0n) is 14.8. The number of thiophene rings is 1. The summed E-state index contributed by atoms with van der Waals surface area (Å²) >= 11 is 1.46. The number of carbonyl (C=O) groups excluding carboxylic acids is 2. The van der Waals surface area contributed by atoms with Crippen molar-refractivity contribution in [3.05, 3.63) is 21.9 Å². The van der Waals surface area contributed by atoms with Gasteiger partial charge in [-0.05, 0) is 36.8 Å². The van der Waals surface area contributed by atoms with Gasteiger partial charge in [0.05, 0.1) is 17.5 Å². The summed E-state index contributed by atoms with van der Waals surface area (Å²) in [6.45, 7) is 4.31. The maximum atomic E-state index is 12.7. The van der Waals surface area contributed by atoms with E-state index in [1.807, 2.05) is 23.3 Å². The van der Waals surface area contributed by atoms with Crippen LogP contribution >= 0.6 is 11.3 Å². The van der Waals surface area contributed by atoms with Gasteiger partial charge in [-0.3, -0.25) is 9.59 Å². The van der Waals surface area contributed by atoms with Crippen molar-refractivity contribution < 1.29 is 19.2 Å². The van der Waals surface area contributed by atoms with Gasteiger partial charge in [-0.25, -0.2) is 0 Å². The average molecular weight is 377 g/mol. The predicted octanol–water partition coefficient (Wildman–Crippen LogP) is 1.71. The highest BCUT2D eigenvalue weighted by Gasteiger charge is 2.48. The topological polar surface area (TPSA) is 80.2 Å². The fourth-order valence-electron chi connectivity index (χ4n) is 3.73. The Labute approximate surface area is 156 Å². The number of likely N-dealkylation sites (tertiary alicyclic amines) is 1. The molecule has 3 aliphatic rings. The molecule has 0 aromatic carbocycles. The van der Waals surface area contributed by atoms with E-state index in [1.54, 1.807) is 0 Å². The lowest BCUT2D eigenvalue weighted by atomic mass is 9.96. The van der Waals surface area contributed by atoms with Crippen molar-refractivity contribution in [1.82, 2.24) is 10.2 Å². The molecule has 140 valence electrons. The second kappa shape index (κ2) is 7.00. The third-order valence-electron chi connectivity index (χ3n) is 5.28. The number of hydrogen-bond acceptors (Lipinski definition) is 6. The predicted molar refractivity (Wildman–Crippen MR) is 97.4 cm³/mol. The minimum atomic E-state index is -0.558. The largest absolute Gasteiger partial charge is 0.386 e. The highest BCUT2D eigenvalue weighted by atomic mass is 32.1. The molecule has 1 aromatic rings. The second-order valence-electron chi connectivity index (χ2n) is 7.24. The Hall–Kier alpha value is -1.93. The molecule has 2 fully saturated rings. The molecule has 3 aliphatic heterocycles. The number of ether oxygens (including phenoxy) is 1. The Morgan fingerprint density at radius 2 is 2.38 bits per heavy atom. The lowest BCUT2D eigenvalue weighted by molar-refractivity contribution is -0.115. The maximum absolute atomic E-state index is 12.7. The van der Waals surface area contributed by atoms with Crippen LogP contribution in [0.5, 0.6) is 0 Å². The zero-order valence-corrected chi connectivity index (χ0v) is 15.6. The van der Waals surface area contributed by atoms with E-state index in [0.717, 1.165) is 29.9 Å². The van der Waals surface area contributed by atoms with E-state index in [4.69, 9.17) is 9.57 Å². The van der Waals surface area contributed by atoms with E-state index in [1.165, 1.54) is 11.3 Å². The van der Waals surface area contributed by atoms with E-state index >= 15 is 0 Å². The Morgan fingerprint density at radius 1 is 1.50 bits per heavy atom. The van der Waals surface area contributed by atoms with Crippen molar-refractivity contribution in [2.24, 2.45) is 5.16 Å². The summed E-state index contributed by atoms with van der Waals surface area (Å²) in [5, 5.41) is 8.83. The summed E-state index contributed by atoms with van der Waals surface area (Å²) in [7, 11) is 0. The first kappa shape index (κ1) is 17.5. The summed E-state index contributed by atoms with van der Waals surface area (Å²) in [6, 6.07) is 1.95. The van der Waals surface area contributed by atoms with Crippen LogP contribution in [0.1, 0.15) is 40.9 Å². The van der Waals surface area contributed by atoms with Crippen LogP contribution in [0.3, 0.4) is 0 Å². The van der Waals surface area contributed by atoms with E-state index in [0.29, 0.717) is 38.2 Å². The summed E-state index contributed by atoms with van der Waals surface area (Å²) in [6.07, 6.45) is 3.25. The number of oxime groups is 1. The van der Waals surface area contributed by atoms with Gasteiger partial charge < -0.3 is 19.8 Å². The van der Waals surface area contributed by atoms with Crippen LogP contribution in [0.15, 0.2) is 16.6 Å². The minimum absolute atomic E-state index is 0.0364. The molecule has 0 unspecified atom stereocenters. The Morgan fingerprint density at radius 3 is 3.12 bits per heavy atom. The molecule has 0 bridgehead atoms. The van der Waals surface area contributed by atoms with Gasteiger partial charge in [-0.2, -0.15) is 0 Å². The Kier molecular flexibility index (Phi) is 4.71. The fraction of sp³-hybridized carbons (Fsp3) is 0.611. The maximum Gasteiger partial charge on any atom is 0.269 e. The molecule has 1 N–H and O–H groups in total. The van der Waals surface area contributed by atoms with E-state index in [2.05, 4.69) is 10.5 Å². The molecular formula is C18H23N3O4S. The molecule has 7 nitrogen and oxygen atoms in total. The minimum Gasteiger partial charge on any atom is -0.386 e. The fourth-order valence-corrected chi connectivity index (χ4v) is 4.62. The summed E-state index contributed by atoms with van der Waals surface area (Å²) in [5.74, 6) is -0.162. The second-order valence-corrected chi connectivity index (χ2v) is 8.16. The van der Waals surface area contributed by atoms with Crippen molar-refractivity contribution in [2.45, 2.75) is 44.3 Å². The lowest BCUT2D eigenvalue weighted by Gasteiger charge is -2.21. The van der Waals surface area contributed by atoms with Gasteiger partial charge in [0.1, 0.15) is 5.71 Å². The average Bonchev–Trinajstić information content (AvgIpc) is 3.42. The van der Waals surface area contributed by atoms with Crippen LogP contribution in [0.25, 0.3) is 0 Å². The van der Waals surface area contributed by atoms with Crippen molar-refractivity contribution in [1.29, 1.82) is 0 Å².